The van der Waals surface area contributed by atoms with Crippen molar-refractivity contribution in [1.29, 1.82) is 0 Å². The van der Waals surface area contributed by atoms with Crippen LogP contribution < -0.4 is 20.1 Å². The molecule has 1 saturated carbocycles. The highest BCUT2D eigenvalue weighted by Gasteiger charge is 2.50. The van der Waals surface area contributed by atoms with Crippen LogP contribution in [0.3, 0.4) is 0 Å². The second-order valence-corrected chi connectivity index (χ2v) is 10.8. The van der Waals surface area contributed by atoms with Gasteiger partial charge in [-0.3, -0.25) is 0 Å². The molecule has 0 unspecified atom stereocenters. The van der Waals surface area contributed by atoms with E-state index in [0.29, 0.717) is 6.04 Å². The van der Waals surface area contributed by atoms with Crippen molar-refractivity contribution in [3.05, 3.63) is 50.4 Å². The predicted molar refractivity (Wildman–Crippen MR) is 139 cm³/mol. The lowest BCUT2D eigenvalue weighted by Gasteiger charge is -2.45. The number of rotatable bonds is 5. The fourth-order valence-corrected chi connectivity index (χ4v) is 6.65. The van der Waals surface area contributed by atoms with Crippen LogP contribution in [0.25, 0.3) is 0 Å². The number of halogens is 2. The quantitative estimate of drug-likeness (QED) is 0.465. The van der Waals surface area contributed by atoms with Crippen molar-refractivity contribution in [1.82, 2.24) is 10.2 Å². The Labute approximate surface area is 212 Å². The Balaban J connectivity index is 1.48. The van der Waals surface area contributed by atoms with Crippen LogP contribution >= 0.6 is 31.9 Å². The number of benzene rings is 2. The van der Waals surface area contributed by atoms with E-state index in [-0.39, 0.29) is 17.5 Å². The molecule has 1 aliphatic heterocycles. The van der Waals surface area contributed by atoms with Crippen molar-refractivity contribution in [2.75, 3.05) is 33.1 Å². The fourth-order valence-electron chi connectivity index (χ4n) is 5.46. The van der Waals surface area contributed by atoms with E-state index >= 15 is 0 Å². The first-order chi connectivity index (χ1) is 15.8. The molecule has 2 amide bonds. The van der Waals surface area contributed by atoms with E-state index in [0.717, 1.165) is 63.9 Å². The number of nitrogens with zero attached hydrogens (tertiary/aromatic N) is 1. The lowest BCUT2D eigenvalue weighted by atomic mass is 9.65. The van der Waals surface area contributed by atoms with E-state index in [1.54, 1.807) is 14.2 Å². The van der Waals surface area contributed by atoms with E-state index in [1.807, 2.05) is 25.1 Å². The van der Waals surface area contributed by atoms with E-state index in [2.05, 4.69) is 66.6 Å². The number of likely N-dealkylation sites (N-methyl/N-ethyl adjacent to an activating group) is 1. The van der Waals surface area contributed by atoms with Crippen LogP contribution in [-0.4, -0.2) is 50.8 Å². The molecule has 0 radical (unpaired) electrons. The molecule has 0 bridgehead atoms. The fraction of sp³-hybridized carbons (Fsp3) is 0.480. The second kappa shape index (κ2) is 9.84. The molecular weight excluding hydrogens is 550 g/mol. The highest BCUT2D eigenvalue weighted by atomic mass is 79.9. The Morgan fingerprint density at radius 3 is 2.45 bits per heavy atom. The number of nitrogens with one attached hydrogen (secondary N) is 2. The average Bonchev–Trinajstić information content (AvgIpc) is 3.14. The number of carbonyl (C=O) groups is 1. The van der Waals surface area contributed by atoms with Gasteiger partial charge in [-0.2, -0.15) is 0 Å². The monoisotopic (exact) mass is 579 g/mol. The number of hydrogen-bond donors (Lipinski definition) is 2. The molecule has 1 heterocycles. The van der Waals surface area contributed by atoms with Crippen LogP contribution in [0.5, 0.6) is 11.5 Å². The molecule has 2 fully saturated rings. The van der Waals surface area contributed by atoms with Crippen molar-refractivity contribution < 1.29 is 14.3 Å². The summed E-state index contributed by atoms with van der Waals surface area (Å²) in [5.74, 6) is 1.52. The molecule has 2 aromatic carbocycles. The smallest absolute Gasteiger partial charge is 0.319 e. The van der Waals surface area contributed by atoms with E-state index in [4.69, 9.17) is 9.47 Å². The van der Waals surface area contributed by atoms with Gasteiger partial charge < -0.3 is 25.0 Å². The van der Waals surface area contributed by atoms with E-state index in [1.165, 1.54) is 5.56 Å². The minimum Gasteiger partial charge on any atom is -0.493 e. The molecule has 2 aromatic rings. The topological polar surface area (TPSA) is 62.8 Å². The summed E-state index contributed by atoms with van der Waals surface area (Å²) in [4.78, 5) is 15.2. The first-order valence-electron chi connectivity index (χ1n) is 11.2. The lowest BCUT2D eigenvalue weighted by Crippen LogP contribution is -2.52. The average molecular weight is 581 g/mol. The molecule has 4 rings (SSSR count). The number of hydrogen-bond acceptors (Lipinski definition) is 4. The molecule has 33 heavy (non-hydrogen) atoms. The van der Waals surface area contributed by atoms with Crippen molar-refractivity contribution in [3.8, 4) is 11.5 Å². The van der Waals surface area contributed by atoms with Gasteiger partial charge in [0.25, 0.3) is 0 Å². The summed E-state index contributed by atoms with van der Waals surface area (Å²) in [6.45, 7) is 3.06. The number of fused-ring (bicyclic) bond motifs is 1. The number of likely N-dealkylation sites (tertiary alicyclic amines) is 1. The number of amides is 2. The van der Waals surface area contributed by atoms with Crippen molar-refractivity contribution >= 4 is 43.6 Å². The first kappa shape index (κ1) is 24.4. The molecule has 6 nitrogen and oxygen atoms in total. The normalized spacial score (nSPS) is 24.8. The number of anilines is 1. The van der Waals surface area contributed by atoms with Gasteiger partial charge in [0.2, 0.25) is 0 Å². The van der Waals surface area contributed by atoms with Gasteiger partial charge in [0.05, 0.1) is 14.2 Å². The van der Waals surface area contributed by atoms with Crippen molar-refractivity contribution in [2.45, 2.75) is 50.1 Å². The van der Waals surface area contributed by atoms with Crippen LogP contribution in [0.15, 0.2) is 39.3 Å². The zero-order chi connectivity index (χ0) is 23.8. The summed E-state index contributed by atoms with van der Waals surface area (Å²) in [5, 5.41) is 6.20. The summed E-state index contributed by atoms with van der Waals surface area (Å²) >= 11 is 7.09. The van der Waals surface area contributed by atoms with Crippen molar-refractivity contribution in [3.63, 3.8) is 0 Å². The van der Waals surface area contributed by atoms with Gasteiger partial charge in [0, 0.05) is 32.1 Å². The summed E-state index contributed by atoms with van der Waals surface area (Å²) in [5.41, 5.74) is 3.22. The largest absolute Gasteiger partial charge is 0.493 e. The highest BCUT2D eigenvalue weighted by molar-refractivity contribution is 9.11. The van der Waals surface area contributed by atoms with Gasteiger partial charge in [0.15, 0.2) is 11.5 Å². The number of carbonyl (C=O) groups excluding carboxylic acids is 1. The van der Waals surface area contributed by atoms with Gasteiger partial charge >= 0.3 is 6.03 Å². The van der Waals surface area contributed by atoms with Crippen LogP contribution in [-0.2, 0) is 5.41 Å². The maximum atomic E-state index is 12.8. The van der Waals surface area contributed by atoms with Gasteiger partial charge in [-0.25, -0.2) is 4.79 Å². The Morgan fingerprint density at radius 1 is 1.09 bits per heavy atom. The Kier molecular flexibility index (Phi) is 7.26. The minimum atomic E-state index is -0.165. The van der Waals surface area contributed by atoms with Crippen LogP contribution in [0.4, 0.5) is 10.5 Å². The summed E-state index contributed by atoms with van der Waals surface area (Å²) in [7, 11) is 5.54. The molecule has 2 aliphatic rings. The van der Waals surface area contributed by atoms with Crippen LogP contribution in [0.2, 0.25) is 0 Å². The highest BCUT2D eigenvalue weighted by Crippen LogP contribution is 2.49. The van der Waals surface area contributed by atoms with Crippen molar-refractivity contribution in [2.24, 2.45) is 0 Å². The third kappa shape index (κ3) is 4.75. The molecule has 8 heteroatoms. The second-order valence-electron chi connectivity index (χ2n) is 9.11. The summed E-state index contributed by atoms with van der Waals surface area (Å²) in [6, 6.07) is 10.5. The first-order valence-corrected chi connectivity index (χ1v) is 12.8. The summed E-state index contributed by atoms with van der Waals surface area (Å²) < 4.78 is 12.9. The minimum absolute atomic E-state index is 0.0651. The lowest BCUT2D eigenvalue weighted by molar-refractivity contribution is 0.156. The molecule has 0 aromatic heterocycles. The molecule has 0 spiro atoms. The van der Waals surface area contributed by atoms with Gasteiger partial charge in [-0.15, -0.1) is 0 Å². The van der Waals surface area contributed by atoms with Gasteiger partial charge in [0.1, 0.15) is 0 Å². The zero-order valence-electron chi connectivity index (χ0n) is 19.5. The Bertz CT molecular complexity index is 1020. The SMILES string of the molecule is COc1ccc([C@@]23CC[C@@H](NC(=O)Nc4cc(Br)c(C)c(Br)c4)C[C@@H]2N(C)CC3)cc1OC. The molecule has 1 aliphatic carbocycles. The van der Waals surface area contributed by atoms with Gasteiger partial charge in [-0.05, 0) is 81.6 Å². The summed E-state index contributed by atoms with van der Waals surface area (Å²) in [6.07, 6.45) is 3.98. The molecular formula is C25H31Br2N3O3. The molecule has 3 atom stereocenters. The number of urea groups is 1. The Morgan fingerprint density at radius 2 is 1.79 bits per heavy atom. The maximum Gasteiger partial charge on any atom is 0.319 e. The Hall–Kier alpha value is -1.77. The maximum absolute atomic E-state index is 12.8. The predicted octanol–water partition coefficient (Wildman–Crippen LogP) is 5.85. The standard InChI is InChI=1S/C25H31Br2N3O3/c1-15-19(26)12-18(13-20(15)27)29-24(31)28-17-7-8-25(9-10-30(2)23(25)14-17)16-5-6-21(32-3)22(11-16)33-4/h5-6,11-13,17,23H,7-10,14H2,1-4H3,(H2,28,29,31)/t17-,23+,25+/m1/s1. The van der Waals surface area contributed by atoms with Crippen LogP contribution in [0, 0.1) is 6.92 Å². The zero-order valence-corrected chi connectivity index (χ0v) is 22.7. The molecule has 178 valence electrons. The molecule has 1 saturated heterocycles. The van der Waals surface area contributed by atoms with Gasteiger partial charge in [-0.1, -0.05) is 37.9 Å². The third-order valence-corrected chi connectivity index (χ3v) is 9.01. The van der Waals surface area contributed by atoms with Crippen LogP contribution in [0.1, 0.15) is 36.8 Å². The third-order valence-electron chi connectivity index (χ3n) is 7.36. The number of ether oxygens (including phenoxy) is 2. The molecule has 2 N–H and O–H groups in total. The van der Waals surface area contributed by atoms with E-state index in [9.17, 15) is 4.79 Å². The van der Waals surface area contributed by atoms with E-state index < -0.39 is 0 Å². The number of methoxy groups -OCH3 is 2.